The molecule has 0 bridgehead atoms. The topological polar surface area (TPSA) is 39.8 Å². The maximum Gasteiger partial charge on any atom is 0.283 e. The van der Waals surface area contributed by atoms with Gasteiger partial charge in [0.05, 0.1) is 5.52 Å². The Hall–Kier alpha value is -2.66. The maximum atomic E-state index is 13.3. The van der Waals surface area contributed by atoms with Crippen LogP contribution in [0.5, 0.6) is 0 Å². The lowest BCUT2D eigenvalue weighted by Crippen LogP contribution is -2.19. The van der Waals surface area contributed by atoms with Crippen LogP contribution in [0.25, 0.3) is 27.5 Å². The van der Waals surface area contributed by atoms with Gasteiger partial charge in [-0.2, -0.15) is 5.10 Å². The minimum absolute atomic E-state index is 0.251. The molecule has 0 unspecified atom stereocenters. The smallest absolute Gasteiger partial charge is 0.275 e. The highest BCUT2D eigenvalue weighted by Gasteiger charge is 2.15. The Bertz CT molecular complexity index is 1130. The lowest BCUT2D eigenvalue weighted by molar-refractivity contribution is 0.627. The monoisotopic (exact) mass is 341 g/mol. The van der Waals surface area contributed by atoms with Crippen LogP contribution in [-0.4, -0.2) is 14.3 Å². The second-order valence-electron chi connectivity index (χ2n) is 5.53. The Morgan fingerprint density at radius 3 is 2.58 bits per heavy atom. The number of hydrogen-bond acceptors (Lipinski definition) is 2. The van der Waals surface area contributed by atoms with Gasteiger partial charge in [-0.1, -0.05) is 17.7 Å². The van der Waals surface area contributed by atoms with E-state index in [2.05, 4.69) is 5.10 Å². The van der Waals surface area contributed by atoms with Crippen LogP contribution in [0, 0.1) is 5.82 Å². The first-order chi connectivity index (χ1) is 11.6. The Kier molecular flexibility index (Phi) is 3.39. The van der Waals surface area contributed by atoms with Crippen molar-refractivity contribution in [2.75, 3.05) is 0 Å². The van der Waals surface area contributed by atoms with Crippen molar-refractivity contribution >= 4 is 33.4 Å². The van der Waals surface area contributed by atoms with Crippen molar-refractivity contribution in [3.8, 4) is 5.69 Å². The SMILES string of the molecule is CCn1cc2c(n1)c(=O)n(-c1ccc(F)cc1)c1cc(Cl)ccc21. The van der Waals surface area contributed by atoms with E-state index < -0.39 is 0 Å². The minimum atomic E-state index is -0.356. The summed E-state index contributed by atoms with van der Waals surface area (Å²) in [7, 11) is 0. The molecule has 0 saturated heterocycles. The van der Waals surface area contributed by atoms with E-state index in [0.717, 1.165) is 10.8 Å². The van der Waals surface area contributed by atoms with Crippen molar-refractivity contribution in [2.24, 2.45) is 0 Å². The molecule has 0 amide bonds. The van der Waals surface area contributed by atoms with Crippen LogP contribution in [0.3, 0.4) is 0 Å². The molecular formula is C18H13ClFN3O. The van der Waals surface area contributed by atoms with E-state index in [1.807, 2.05) is 19.2 Å². The number of fused-ring (bicyclic) bond motifs is 3. The van der Waals surface area contributed by atoms with Gasteiger partial charge < -0.3 is 0 Å². The molecule has 0 aliphatic rings. The second kappa shape index (κ2) is 5.46. The lowest BCUT2D eigenvalue weighted by atomic mass is 10.1. The summed E-state index contributed by atoms with van der Waals surface area (Å²) in [4.78, 5) is 13.0. The molecule has 24 heavy (non-hydrogen) atoms. The van der Waals surface area contributed by atoms with Gasteiger partial charge in [-0.25, -0.2) is 4.39 Å². The predicted octanol–water partition coefficient (Wildman–Crippen LogP) is 4.15. The molecule has 0 fully saturated rings. The first-order valence-electron chi connectivity index (χ1n) is 7.56. The summed E-state index contributed by atoms with van der Waals surface area (Å²) in [5, 5.41) is 6.57. The van der Waals surface area contributed by atoms with E-state index in [9.17, 15) is 9.18 Å². The molecule has 4 nitrogen and oxygen atoms in total. The van der Waals surface area contributed by atoms with Gasteiger partial charge in [-0.3, -0.25) is 14.0 Å². The number of aryl methyl sites for hydroxylation is 1. The Morgan fingerprint density at radius 2 is 1.88 bits per heavy atom. The first-order valence-corrected chi connectivity index (χ1v) is 7.93. The summed E-state index contributed by atoms with van der Waals surface area (Å²) < 4.78 is 16.5. The van der Waals surface area contributed by atoms with Crippen molar-refractivity contribution in [1.82, 2.24) is 14.3 Å². The van der Waals surface area contributed by atoms with E-state index in [0.29, 0.717) is 28.3 Å². The largest absolute Gasteiger partial charge is 0.283 e. The van der Waals surface area contributed by atoms with Crippen molar-refractivity contribution in [3.05, 3.63) is 69.9 Å². The Labute approximate surface area is 141 Å². The van der Waals surface area contributed by atoms with Gasteiger partial charge in [-0.15, -0.1) is 0 Å². The van der Waals surface area contributed by atoms with Gasteiger partial charge in [0.15, 0.2) is 5.52 Å². The van der Waals surface area contributed by atoms with Crippen LogP contribution in [0.15, 0.2) is 53.5 Å². The fraction of sp³-hybridized carbons (Fsp3) is 0.111. The summed E-state index contributed by atoms with van der Waals surface area (Å²) >= 11 is 6.14. The second-order valence-corrected chi connectivity index (χ2v) is 5.96. The fourth-order valence-electron chi connectivity index (χ4n) is 2.92. The minimum Gasteiger partial charge on any atom is -0.275 e. The Morgan fingerprint density at radius 1 is 1.12 bits per heavy atom. The molecule has 120 valence electrons. The molecule has 0 radical (unpaired) electrons. The van der Waals surface area contributed by atoms with Crippen LogP contribution < -0.4 is 5.56 Å². The normalized spacial score (nSPS) is 11.5. The number of hydrogen-bond donors (Lipinski definition) is 0. The summed E-state index contributed by atoms with van der Waals surface area (Å²) in [5.41, 5.74) is 1.37. The molecule has 4 aromatic rings. The molecule has 0 aliphatic carbocycles. The summed E-state index contributed by atoms with van der Waals surface area (Å²) in [6.07, 6.45) is 1.86. The van der Waals surface area contributed by atoms with Gasteiger partial charge in [0.25, 0.3) is 5.56 Å². The van der Waals surface area contributed by atoms with E-state index >= 15 is 0 Å². The fourth-order valence-corrected chi connectivity index (χ4v) is 3.08. The van der Waals surface area contributed by atoms with Gasteiger partial charge >= 0.3 is 0 Å². The van der Waals surface area contributed by atoms with Crippen molar-refractivity contribution in [3.63, 3.8) is 0 Å². The number of benzene rings is 2. The average Bonchev–Trinajstić information content (AvgIpc) is 3.01. The number of rotatable bonds is 2. The zero-order chi connectivity index (χ0) is 16.8. The summed E-state index contributed by atoms with van der Waals surface area (Å²) in [5.74, 6) is -0.356. The number of pyridine rings is 1. The summed E-state index contributed by atoms with van der Waals surface area (Å²) in [6.45, 7) is 2.63. The third-order valence-corrected chi connectivity index (χ3v) is 4.30. The van der Waals surface area contributed by atoms with Crippen LogP contribution in [-0.2, 0) is 6.54 Å². The van der Waals surface area contributed by atoms with E-state index in [1.165, 1.54) is 16.7 Å². The standard InChI is InChI=1S/C18H13ClFN3O/c1-2-22-10-15-14-8-3-11(19)9-16(14)23(18(24)17(15)21-22)13-6-4-12(20)5-7-13/h3-10H,2H2,1H3. The van der Waals surface area contributed by atoms with Crippen molar-refractivity contribution in [2.45, 2.75) is 13.5 Å². The van der Waals surface area contributed by atoms with E-state index in [4.69, 9.17) is 11.6 Å². The number of aromatic nitrogens is 3. The molecular weight excluding hydrogens is 329 g/mol. The Balaban J connectivity index is 2.20. The lowest BCUT2D eigenvalue weighted by Gasteiger charge is -2.11. The van der Waals surface area contributed by atoms with Crippen LogP contribution in [0.1, 0.15) is 6.92 Å². The molecule has 2 aromatic heterocycles. The highest BCUT2D eigenvalue weighted by molar-refractivity contribution is 6.31. The number of halogens is 2. The summed E-state index contributed by atoms with van der Waals surface area (Å²) in [6, 6.07) is 11.2. The molecule has 0 aliphatic heterocycles. The first kappa shape index (κ1) is 14.9. The van der Waals surface area contributed by atoms with E-state index in [1.54, 1.807) is 28.9 Å². The quantitative estimate of drug-likeness (QED) is 0.549. The van der Waals surface area contributed by atoms with E-state index in [-0.39, 0.29) is 11.4 Å². The molecule has 6 heteroatoms. The molecule has 2 aromatic carbocycles. The third kappa shape index (κ3) is 2.20. The van der Waals surface area contributed by atoms with Crippen molar-refractivity contribution < 1.29 is 4.39 Å². The maximum absolute atomic E-state index is 13.3. The van der Waals surface area contributed by atoms with Gasteiger partial charge in [0.1, 0.15) is 5.82 Å². The predicted molar refractivity (Wildman–Crippen MR) is 93.5 cm³/mol. The highest BCUT2D eigenvalue weighted by Crippen LogP contribution is 2.27. The van der Waals surface area contributed by atoms with Gasteiger partial charge in [0.2, 0.25) is 0 Å². The molecule has 0 spiro atoms. The zero-order valence-corrected chi connectivity index (χ0v) is 13.6. The van der Waals surface area contributed by atoms with Crippen LogP contribution >= 0.6 is 11.6 Å². The molecule has 4 rings (SSSR count). The third-order valence-electron chi connectivity index (χ3n) is 4.07. The van der Waals surface area contributed by atoms with Crippen molar-refractivity contribution in [1.29, 1.82) is 0 Å². The molecule has 0 N–H and O–H groups in total. The number of nitrogens with zero attached hydrogens (tertiary/aromatic N) is 3. The van der Waals surface area contributed by atoms with Gasteiger partial charge in [-0.05, 0) is 43.3 Å². The average molecular weight is 342 g/mol. The highest BCUT2D eigenvalue weighted by atomic mass is 35.5. The van der Waals surface area contributed by atoms with Gasteiger partial charge in [0, 0.05) is 34.2 Å². The van der Waals surface area contributed by atoms with Crippen LogP contribution in [0.2, 0.25) is 5.02 Å². The molecule has 2 heterocycles. The molecule has 0 atom stereocenters. The molecule has 0 saturated carbocycles. The zero-order valence-electron chi connectivity index (χ0n) is 12.8. The van der Waals surface area contributed by atoms with Crippen LogP contribution in [0.4, 0.5) is 4.39 Å².